The Morgan fingerprint density at radius 1 is 1.12 bits per heavy atom. The van der Waals surface area contributed by atoms with E-state index in [1.54, 1.807) is 0 Å². The van der Waals surface area contributed by atoms with Gasteiger partial charge in [0.25, 0.3) is 0 Å². The predicted octanol–water partition coefficient (Wildman–Crippen LogP) is -0.126. The number of aromatic nitrogens is 4. The SMILES string of the molecule is C1CCC(c2nn[nH]n2)(N2CCNCC2)C1. The Morgan fingerprint density at radius 2 is 1.88 bits per heavy atom. The van der Waals surface area contributed by atoms with Crippen molar-refractivity contribution < 1.29 is 0 Å². The molecule has 1 aromatic rings. The molecular weight excluding hydrogens is 204 g/mol. The fourth-order valence-corrected chi connectivity index (χ4v) is 3.09. The van der Waals surface area contributed by atoms with Gasteiger partial charge in [-0.15, -0.1) is 10.2 Å². The molecule has 2 heterocycles. The normalized spacial score (nSPS) is 26.0. The molecule has 0 amide bonds. The van der Waals surface area contributed by atoms with Gasteiger partial charge in [-0.25, -0.2) is 0 Å². The maximum Gasteiger partial charge on any atom is 0.194 e. The summed E-state index contributed by atoms with van der Waals surface area (Å²) in [5.41, 5.74) is 0.0646. The van der Waals surface area contributed by atoms with Crippen LogP contribution in [0.3, 0.4) is 0 Å². The molecular formula is C10H18N6. The molecule has 0 radical (unpaired) electrons. The molecule has 0 aromatic carbocycles. The first-order chi connectivity index (χ1) is 7.92. The maximum absolute atomic E-state index is 4.24. The van der Waals surface area contributed by atoms with Crippen molar-refractivity contribution in [2.45, 2.75) is 31.2 Å². The lowest BCUT2D eigenvalue weighted by Gasteiger charge is -2.41. The molecule has 88 valence electrons. The van der Waals surface area contributed by atoms with Gasteiger partial charge < -0.3 is 5.32 Å². The molecule has 1 saturated heterocycles. The van der Waals surface area contributed by atoms with Crippen LogP contribution in [0.15, 0.2) is 0 Å². The number of nitrogens with one attached hydrogen (secondary N) is 2. The molecule has 0 atom stereocenters. The number of rotatable bonds is 2. The third-order valence-corrected chi connectivity index (χ3v) is 3.91. The fraction of sp³-hybridized carbons (Fsp3) is 0.900. The largest absolute Gasteiger partial charge is 0.314 e. The molecule has 6 nitrogen and oxygen atoms in total. The molecule has 0 spiro atoms. The van der Waals surface area contributed by atoms with E-state index >= 15 is 0 Å². The fourth-order valence-electron chi connectivity index (χ4n) is 3.09. The highest BCUT2D eigenvalue weighted by Gasteiger charge is 2.44. The summed E-state index contributed by atoms with van der Waals surface area (Å²) in [6, 6.07) is 0. The highest BCUT2D eigenvalue weighted by atomic mass is 15.5. The smallest absolute Gasteiger partial charge is 0.194 e. The molecule has 3 rings (SSSR count). The Balaban J connectivity index is 1.90. The Bertz CT molecular complexity index is 323. The molecule has 1 saturated carbocycles. The van der Waals surface area contributed by atoms with Crippen LogP contribution in [0, 0.1) is 0 Å². The second kappa shape index (κ2) is 4.10. The second-order valence-electron chi connectivity index (χ2n) is 4.71. The molecule has 1 aliphatic carbocycles. The van der Waals surface area contributed by atoms with E-state index in [1.807, 2.05) is 0 Å². The van der Waals surface area contributed by atoms with Gasteiger partial charge in [-0.3, -0.25) is 4.90 Å². The van der Waals surface area contributed by atoms with Crippen LogP contribution < -0.4 is 5.32 Å². The summed E-state index contributed by atoms with van der Waals surface area (Å²) in [4.78, 5) is 2.54. The summed E-state index contributed by atoms with van der Waals surface area (Å²) in [5.74, 6) is 0.895. The van der Waals surface area contributed by atoms with E-state index in [-0.39, 0.29) is 5.54 Å². The number of hydrogen-bond donors (Lipinski definition) is 2. The van der Waals surface area contributed by atoms with Gasteiger partial charge in [-0.2, -0.15) is 5.21 Å². The summed E-state index contributed by atoms with van der Waals surface area (Å²) in [6.07, 6.45) is 4.90. The highest BCUT2D eigenvalue weighted by molar-refractivity contribution is 5.08. The molecule has 6 heteroatoms. The summed E-state index contributed by atoms with van der Waals surface area (Å²) >= 11 is 0. The van der Waals surface area contributed by atoms with Crippen LogP contribution in [-0.4, -0.2) is 51.7 Å². The van der Waals surface area contributed by atoms with E-state index in [2.05, 4.69) is 30.8 Å². The summed E-state index contributed by atoms with van der Waals surface area (Å²) < 4.78 is 0. The Labute approximate surface area is 94.8 Å². The van der Waals surface area contributed by atoms with E-state index in [0.717, 1.165) is 32.0 Å². The van der Waals surface area contributed by atoms with Crippen molar-refractivity contribution >= 4 is 0 Å². The van der Waals surface area contributed by atoms with Gasteiger partial charge in [0.15, 0.2) is 5.82 Å². The Kier molecular flexibility index (Phi) is 2.61. The van der Waals surface area contributed by atoms with Crippen LogP contribution in [0.2, 0.25) is 0 Å². The van der Waals surface area contributed by atoms with Crippen LogP contribution in [0.25, 0.3) is 0 Å². The highest BCUT2D eigenvalue weighted by Crippen LogP contribution is 2.42. The summed E-state index contributed by atoms with van der Waals surface area (Å²) in [5, 5.41) is 18.2. The minimum atomic E-state index is 0.0646. The summed E-state index contributed by atoms with van der Waals surface area (Å²) in [6.45, 7) is 4.32. The zero-order valence-corrected chi connectivity index (χ0v) is 9.45. The zero-order valence-electron chi connectivity index (χ0n) is 9.45. The molecule has 16 heavy (non-hydrogen) atoms. The predicted molar refractivity (Wildman–Crippen MR) is 58.8 cm³/mol. The van der Waals surface area contributed by atoms with Crippen molar-refractivity contribution in [1.82, 2.24) is 30.8 Å². The van der Waals surface area contributed by atoms with Gasteiger partial charge in [0, 0.05) is 26.2 Å². The third-order valence-electron chi connectivity index (χ3n) is 3.91. The number of tetrazole rings is 1. The van der Waals surface area contributed by atoms with Gasteiger partial charge in [0.2, 0.25) is 0 Å². The van der Waals surface area contributed by atoms with Crippen LogP contribution in [0.4, 0.5) is 0 Å². The molecule has 2 N–H and O–H groups in total. The molecule has 2 aliphatic rings. The van der Waals surface area contributed by atoms with Crippen LogP contribution >= 0.6 is 0 Å². The van der Waals surface area contributed by atoms with E-state index in [0.29, 0.717) is 0 Å². The number of H-pyrrole nitrogens is 1. The van der Waals surface area contributed by atoms with E-state index in [1.165, 1.54) is 25.7 Å². The lowest BCUT2D eigenvalue weighted by atomic mass is 9.93. The lowest BCUT2D eigenvalue weighted by Crippen LogP contribution is -2.53. The average molecular weight is 222 g/mol. The number of nitrogens with zero attached hydrogens (tertiary/aromatic N) is 4. The first kappa shape index (κ1) is 10.2. The standard InChI is InChI=1S/C10H18N6/c1-2-4-10(3-1,9-12-14-15-13-9)16-7-5-11-6-8-16/h11H,1-8H2,(H,12,13,14,15). The Morgan fingerprint density at radius 3 is 2.50 bits per heavy atom. The van der Waals surface area contributed by atoms with Gasteiger partial charge >= 0.3 is 0 Å². The van der Waals surface area contributed by atoms with Crippen molar-refractivity contribution in [3.05, 3.63) is 5.82 Å². The van der Waals surface area contributed by atoms with Crippen molar-refractivity contribution in [3.63, 3.8) is 0 Å². The minimum absolute atomic E-state index is 0.0646. The molecule has 0 bridgehead atoms. The van der Waals surface area contributed by atoms with Crippen LogP contribution in [0.1, 0.15) is 31.5 Å². The first-order valence-corrected chi connectivity index (χ1v) is 6.11. The van der Waals surface area contributed by atoms with Crippen LogP contribution in [0.5, 0.6) is 0 Å². The molecule has 1 aromatic heterocycles. The molecule has 2 fully saturated rings. The van der Waals surface area contributed by atoms with E-state index in [9.17, 15) is 0 Å². The topological polar surface area (TPSA) is 69.7 Å². The van der Waals surface area contributed by atoms with Crippen molar-refractivity contribution in [1.29, 1.82) is 0 Å². The minimum Gasteiger partial charge on any atom is -0.314 e. The molecule has 1 aliphatic heterocycles. The quantitative estimate of drug-likeness (QED) is 0.729. The first-order valence-electron chi connectivity index (χ1n) is 6.11. The maximum atomic E-state index is 4.24. The monoisotopic (exact) mass is 222 g/mol. The second-order valence-corrected chi connectivity index (χ2v) is 4.71. The van der Waals surface area contributed by atoms with E-state index < -0.39 is 0 Å². The number of aromatic amines is 1. The van der Waals surface area contributed by atoms with Gasteiger partial charge in [-0.1, -0.05) is 18.1 Å². The van der Waals surface area contributed by atoms with Crippen molar-refractivity contribution in [2.75, 3.05) is 26.2 Å². The average Bonchev–Trinajstić information content (AvgIpc) is 3.02. The zero-order chi connectivity index (χ0) is 10.8. The summed E-state index contributed by atoms with van der Waals surface area (Å²) in [7, 11) is 0. The third kappa shape index (κ3) is 1.53. The van der Waals surface area contributed by atoms with E-state index in [4.69, 9.17) is 0 Å². The number of hydrogen-bond acceptors (Lipinski definition) is 5. The van der Waals surface area contributed by atoms with Gasteiger partial charge in [-0.05, 0) is 12.8 Å². The number of piperazine rings is 1. The van der Waals surface area contributed by atoms with Gasteiger partial charge in [0.05, 0.1) is 5.54 Å². The van der Waals surface area contributed by atoms with Crippen molar-refractivity contribution in [2.24, 2.45) is 0 Å². The Hall–Kier alpha value is -1.01. The van der Waals surface area contributed by atoms with Crippen molar-refractivity contribution in [3.8, 4) is 0 Å². The van der Waals surface area contributed by atoms with Gasteiger partial charge in [0.1, 0.15) is 0 Å². The lowest BCUT2D eigenvalue weighted by molar-refractivity contribution is 0.0680. The van der Waals surface area contributed by atoms with Crippen LogP contribution in [-0.2, 0) is 5.54 Å². The molecule has 0 unspecified atom stereocenters.